The molecule has 6 nitrogen and oxygen atoms in total. The molecule has 2 heterocycles. The Morgan fingerprint density at radius 3 is 2.71 bits per heavy atom. The van der Waals surface area contributed by atoms with Gasteiger partial charge in [-0.05, 0) is 50.4 Å². The van der Waals surface area contributed by atoms with Crippen LogP contribution in [0.15, 0.2) is 30.3 Å². The van der Waals surface area contributed by atoms with Crippen LogP contribution in [0, 0.1) is 5.92 Å². The highest BCUT2D eigenvalue weighted by molar-refractivity contribution is 5.78. The van der Waals surface area contributed by atoms with Gasteiger partial charge in [0, 0.05) is 12.6 Å². The molecule has 0 aliphatic carbocycles. The highest BCUT2D eigenvalue weighted by Crippen LogP contribution is 2.23. The van der Waals surface area contributed by atoms with Crippen molar-refractivity contribution in [2.75, 3.05) is 39.3 Å². The fourth-order valence-corrected chi connectivity index (χ4v) is 3.51. The Morgan fingerprint density at radius 2 is 2.00 bits per heavy atom. The van der Waals surface area contributed by atoms with Crippen LogP contribution in [0.3, 0.4) is 0 Å². The molecule has 0 radical (unpaired) electrons. The summed E-state index contributed by atoms with van der Waals surface area (Å²) in [5, 5.41) is 2.94. The number of benzene rings is 1. The maximum atomic E-state index is 12.0. The average Bonchev–Trinajstić information content (AvgIpc) is 3.15. The van der Waals surface area contributed by atoms with Crippen LogP contribution in [-0.4, -0.2) is 56.2 Å². The number of carbonyl (C=O) groups is 1. The molecule has 1 amide bonds. The van der Waals surface area contributed by atoms with Crippen molar-refractivity contribution in [3.8, 4) is 5.75 Å². The van der Waals surface area contributed by atoms with E-state index in [4.69, 9.17) is 4.74 Å². The zero-order chi connectivity index (χ0) is 16.6. The van der Waals surface area contributed by atoms with Gasteiger partial charge >= 0.3 is 0 Å². The number of carbonyl (C=O) groups excluding carboxylic acids is 1. The van der Waals surface area contributed by atoms with Gasteiger partial charge in [-0.3, -0.25) is 20.5 Å². The van der Waals surface area contributed by atoms with Crippen molar-refractivity contribution in [1.29, 1.82) is 0 Å². The van der Waals surface area contributed by atoms with Crippen molar-refractivity contribution < 1.29 is 9.53 Å². The van der Waals surface area contributed by atoms with Gasteiger partial charge in [0.2, 0.25) is 5.91 Å². The lowest BCUT2D eigenvalue weighted by Crippen LogP contribution is -2.46. The molecule has 3 N–H and O–H groups in total. The number of ether oxygens (including phenoxy) is 1. The zero-order valence-electron chi connectivity index (χ0n) is 14.2. The standard InChI is InChI=1S/C18H28N4O2/c23-18(19-10-13-24-16-4-2-1-3-5-16)14-22-11-7-15(8-12-22)17-6-9-20-21-17/h1-5,15,17,20-21H,6-14H2,(H,19,23). The highest BCUT2D eigenvalue weighted by Gasteiger charge is 2.28. The molecule has 2 fully saturated rings. The molecule has 132 valence electrons. The fourth-order valence-electron chi connectivity index (χ4n) is 3.51. The Balaban J connectivity index is 1.27. The first-order chi connectivity index (χ1) is 11.8. The number of nitrogens with one attached hydrogen (secondary N) is 3. The summed E-state index contributed by atoms with van der Waals surface area (Å²) >= 11 is 0. The van der Waals surface area contributed by atoms with Crippen LogP contribution in [-0.2, 0) is 4.79 Å². The van der Waals surface area contributed by atoms with Crippen LogP contribution in [0.1, 0.15) is 19.3 Å². The number of para-hydroxylation sites is 1. The van der Waals surface area contributed by atoms with E-state index in [2.05, 4.69) is 21.1 Å². The quantitative estimate of drug-likeness (QED) is 0.644. The predicted octanol–water partition coefficient (Wildman–Crippen LogP) is 0.760. The number of piperidine rings is 1. The third-order valence-electron chi connectivity index (χ3n) is 4.87. The molecule has 0 saturated carbocycles. The summed E-state index contributed by atoms with van der Waals surface area (Å²) in [5.41, 5.74) is 6.58. The topological polar surface area (TPSA) is 65.6 Å². The van der Waals surface area contributed by atoms with Gasteiger partial charge in [0.05, 0.1) is 13.1 Å². The second-order valence-electron chi connectivity index (χ2n) is 6.59. The molecule has 2 aliphatic heterocycles. The third-order valence-corrected chi connectivity index (χ3v) is 4.87. The molecular formula is C18H28N4O2. The SMILES string of the molecule is O=C(CN1CCC(C2CCNN2)CC1)NCCOc1ccccc1. The Hall–Kier alpha value is -1.63. The minimum Gasteiger partial charge on any atom is -0.492 e. The zero-order valence-corrected chi connectivity index (χ0v) is 14.2. The lowest BCUT2D eigenvalue weighted by molar-refractivity contribution is -0.122. The summed E-state index contributed by atoms with van der Waals surface area (Å²) in [5.74, 6) is 1.66. The first kappa shape index (κ1) is 17.2. The van der Waals surface area contributed by atoms with Gasteiger partial charge in [0.1, 0.15) is 12.4 Å². The molecule has 2 aliphatic rings. The molecule has 2 saturated heterocycles. The minimum atomic E-state index is 0.0887. The summed E-state index contributed by atoms with van der Waals surface area (Å²) in [6.45, 7) is 4.63. The van der Waals surface area contributed by atoms with Gasteiger partial charge < -0.3 is 10.1 Å². The van der Waals surface area contributed by atoms with Crippen LogP contribution in [0.4, 0.5) is 0 Å². The van der Waals surface area contributed by atoms with Crippen molar-refractivity contribution >= 4 is 5.91 Å². The Kier molecular flexibility index (Phi) is 6.46. The van der Waals surface area contributed by atoms with E-state index in [1.807, 2.05) is 30.3 Å². The first-order valence-electron chi connectivity index (χ1n) is 8.96. The second-order valence-corrected chi connectivity index (χ2v) is 6.59. The molecule has 1 aromatic carbocycles. The summed E-state index contributed by atoms with van der Waals surface area (Å²) in [6, 6.07) is 10.3. The lowest BCUT2D eigenvalue weighted by atomic mass is 9.88. The van der Waals surface area contributed by atoms with Crippen molar-refractivity contribution in [3.63, 3.8) is 0 Å². The Morgan fingerprint density at radius 1 is 1.21 bits per heavy atom. The Bertz CT molecular complexity index is 497. The molecule has 1 atom stereocenters. The number of hydrogen-bond donors (Lipinski definition) is 3. The average molecular weight is 332 g/mol. The van der Waals surface area contributed by atoms with Crippen LogP contribution in [0.25, 0.3) is 0 Å². The number of amides is 1. The van der Waals surface area contributed by atoms with Gasteiger partial charge in [-0.1, -0.05) is 18.2 Å². The van der Waals surface area contributed by atoms with Gasteiger partial charge in [0.25, 0.3) is 0 Å². The molecule has 1 unspecified atom stereocenters. The van der Waals surface area contributed by atoms with Gasteiger partial charge in [-0.25, -0.2) is 0 Å². The number of hydrazine groups is 1. The first-order valence-corrected chi connectivity index (χ1v) is 8.96. The highest BCUT2D eigenvalue weighted by atomic mass is 16.5. The maximum Gasteiger partial charge on any atom is 0.234 e. The second kappa shape index (κ2) is 9.01. The van der Waals surface area contributed by atoms with Crippen LogP contribution in [0.5, 0.6) is 5.75 Å². The van der Waals surface area contributed by atoms with Crippen molar-refractivity contribution in [3.05, 3.63) is 30.3 Å². The number of rotatable bonds is 7. The number of likely N-dealkylation sites (tertiary alicyclic amines) is 1. The molecule has 0 bridgehead atoms. The summed E-state index contributed by atoms with van der Waals surface area (Å²) in [7, 11) is 0. The predicted molar refractivity (Wildman–Crippen MR) is 93.7 cm³/mol. The normalized spacial score (nSPS) is 22.4. The van der Waals surface area contributed by atoms with Crippen molar-refractivity contribution in [2.24, 2.45) is 5.92 Å². The van der Waals surface area contributed by atoms with E-state index in [1.54, 1.807) is 0 Å². The molecule has 3 rings (SSSR count). The number of hydrogen-bond acceptors (Lipinski definition) is 5. The molecule has 1 aromatic rings. The van der Waals surface area contributed by atoms with Crippen LogP contribution >= 0.6 is 0 Å². The van der Waals surface area contributed by atoms with Gasteiger partial charge in [-0.15, -0.1) is 0 Å². The van der Waals surface area contributed by atoms with E-state index in [0.29, 0.717) is 25.7 Å². The van der Waals surface area contributed by atoms with Crippen LogP contribution < -0.4 is 20.9 Å². The molecular weight excluding hydrogens is 304 g/mol. The van der Waals surface area contributed by atoms with E-state index in [0.717, 1.165) is 31.3 Å². The summed E-state index contributed by atoms with van der Waals surface area (Å²) in [4.78, 5) is 14.3. The van der Waals surface area contributed by atoms with E-state index in [9.17, 15) is 4.79 Å². The van der Waals surface area contributed by atoms with Crippen molar-refractivity contribution in [1.82, 2.24) is 21.1 Å². The molecule has 6 heteroatoms. The monoisotopic (exact) mass is 332 g/mol. The van der Waals surface area contributed by atoms with Gasteiger partial charge in [-0.2, -0.15) is 0 Å². The van der Waals surface area contributed by atoms with E-state index in [-0.39, 0.29) is 5.91 Å². The van der Waals surface area contributed by atoms with Gasteiger partial charge in [0.15, 0.2) is 0 Å². The smallest absolute Gasteiger partial charge is 0.234 e. The Labute approximate surface area is 143 Å². The fraction of sp³-hybridized carbons (Fsp3) is 0.611. The summed E-state index contributed by atoms with van der Waals surface area (Å²) in [6.07, 6.45) is 3.56. The molecule has 0 aromatic heterocycles. The van der Waals surface area contributed by atoms with E-state index >= 15 is 0 Å². The molecule has 0 spiro atoms. The molecule has 24 heavy (non-hydrogen) atoms. The number of nitrogens with zero attached hydrogens (tertiary/aromatic N) is 1. The van der Waals surface area contributed by atoms with E-state index in [1.165, 1.54) is 19.3 Å². The third kappa shape index (κ3) is 5.19. The van der Waals surface area contributed by atoms with E-state index < -0.39 is 0 Å². The maximum absolute atomic E-state index is 12.0. The summed E-state index contributed by atoms with van der Waals surface area (Å²) < 4.78 is 5.58. The van der Waals surface area contributed by atoms with Crippen molar-refractivity contribution in [2.45, 2.75) is 25.3 Å². The minimum absolute atomic E-state index is 0.0887. The van der Waals surface area contributed by atoms with Crippen LogP contribution in [0.2, 0.25) is 0 Å². The largest absolute Gasteiger partial charge is 0.492 e. The lowest BCUT2D eigenvalue weighted by Gasteiger charge is -2.34.